The van der Waals surface area contributed by atoms with E-state index in [2.05, 4.69) is 24.1 Å². The second-order valence-corrected chi connectivity index (χ2v) is 5.85. The fourth-order valence-corrected chi connectivity index (χ4v) is 3.14. The van der Waals surface area contributed by atoms with Crippen LogP contribution in [0.3, 0.4) is 0 Å². The lowest BCUT2D eigenvalue weighted by Gasteiger charge is -2.35. The smallest absolute Gasteiger partial charge is 0.234 e. The van der Waals surface area contributed by atoms with Gasteiger partial charge in [-0.25, -0.2) is 0 Å². The fourth-order valence-electron chi connectivity index (χ4n) is 3.14. The Morgan fingerprint density at radius 2 is 1.78 bits per heavy atom. The molecule has 1 amide bonds. The molecular formula is C14H26N2O2. The average Bonchev–Trinajstić information content (AvgIpc) is 2.28. The van der Waals surface area contributed by atoms with E-state index in [1.165, 1.54) is 19.3 Å². The van der Waals surface area contributed by atoms with E-state index < -0.39 is 0 Å². The second kappa shape index (κ2) is 6.53. The van der Waals surface area contributed by atoms with Crippen molar-refractivity contribution in [1.29, 1.82) is 0 Å². The highest BCUT2D eigenvalue weighted by Crippen LogP contribution is 2.17. The number of nitrogens with zero attached hydrogens (tertiary/aromatic N) is 1. The molecule has 2 aliphatic rings. The van der Waals surface area contributed by atoms with Gasteiger partial charge >= 0.3 is 0 Å². The summed E-state index contributed by atoms with van der Waals surface area (Å²) < 4.78 is 5.67. The molecule has 0 unspecified atom stereocenters. The van der Waals surface area contributed by atoms with Crippen LogP contribution >= 0.6 is 0 Å². The highest BCUT2D eigenvalue weighted by Gasteiger charge is 2.24. The van der Waals surface area contributed by atoms with E-state index >= 15 is 0 Å². The first-order chi connectivity index (χ1) is 8.63. The average molecular weight is 254 g/mol. The number of morpholine rings is 1. The third-order valence-corrected chi connectivity index (χ3v) is 3.83. The molecule has 104 valence electrons. The molecule has 1 saturated heterocycles. The van der Waals surface area contributed by atoms with Crippen molar-refractivity contribution in [3.63, 3.8) is 0 Å². The molecule has 1 aliphatic carbocycles. The van der Waals surface area contributed by atoms with E-state index in [9.17, 15) is 4.79 Å². The standard InChI is InChI=1S/C14H26N2O2/c1-11-8-16(9-12(2)18-11)10-14(17)15-13-6-4-3-5-7-13/h11-13H,3-10H2,1-2H3,(H,15,17)/t11-,12+. The van der Waals surface area contributed by atoms with E-state index in [4.69, 9.17) is 4.74 Å². The summed E-state index contributed by atoms with van der Waals surface area (Å²) in [6.07, 6.45) is 6.62. The SMILES string of the molecule is C[C@@H]1CN(CC(=O)NC2CCCCC2)C[C@H](C)O1. The molecule has 4 heteroatoms. The van der Waals surface area contributed by atoms with Gasteiger partial charge < -0.3 is 10.1 Å². The van der Waals surface area contributed by atoms with Crippen LogP contribution in [0.4, 0.5) is 0 Å². The lowest BCUT2D eigenvalue weighted by molar-refractivity contribution is -0.126. The summed E-state index contributed by atoms with van der Waals surface area (Å²) in [5, 5.41) is 3.17. The molecule has 0 aromatic carbocycles. The van der Waals surface area contributed by atoms with Gasteiger partial charge in [0.25, 0.3) is 0 Å². The first kappa shape index (κ1) is 13.8. The molecule has 1 heterocycles. The molecule has 0 spiro atoms. The van der Waals surface area contributed by atoms with Gasteiger partial charge in [0.15, 0.2) is 0 Å². The number of carbonyl (C=O) groups is 1. The first-order valence-corrected chi connectivity index (χ1v) is 7.30. The Bertz CT molecular complexity index is 267. The summed E-state index contributed by atoms with van der Waals surface area (Å²) in [5.74, 6) is 0.184. The molecule has 0 aromatic rings. The van der Waals surface area contributed by atoms with Gasteiger partial charge in [0.1, 0.15) is 0 Å². The highest BCUT2D eigenvalue weighted by molar-refractivity contribution is 5.78. The quantitative estimate of drug-likeness (QED) is 0.831. The summed E-state index contributed by atoms with van der Waals surface area (Å²) in [5.41, 5.74) is 0. The fraction of sp³-hybridized carbons (Fsp3) is 0.929. The van der Waals surface area contributed by atoms with Crippen molar-refractivity contribution in [2.24, 2.45) is 0 Å². The maximum absolute atomic E-state index is 12.0. The molecule has 1 aliphatic heterocycles. The predicted molar refractivity (Wildman–Crippen MR) is 71.5 cm³/mol. The van der Waals surface area contributed by atoms with Crippen molar-refractivity contribution in [3.8, 4) is 0 Å². The molecule has 0 bridgehead atoms. The van der Waals surface area contributed by atoms with Gasteiger partial charge in [0.05, 0.1) is 18.8 Å². The van der Waals surface area contributed by atoms with Crippen molar-refractivity contribution in [2.45, 2.75) is 64.2 Å². The first-order valence-electron chi connectivity index (χ1n) is 7.30. The zero-order valence-corrected chi connectivity index (χ0v) is 11.7. The number of amides is 1. The minimum atomic E-state index is 0.184. The third kappa shape index (κ3) is 4.25. The number of hydrogen-bond acceptors (Lipinski definition) is 3. The molecule has 0 radical (unpaired) electrons. The topological polar surface area (TPSA) is 41.6 Å². The van der Waals surface area contributed by atoms with Crippen molar-refractivity contribution < 1.29 is 9.53 Å². The molecular weight excluding hydrogens is 228 g/mol. The minimum Gasteiger partial charge on any atom is -0.373 e. The van der Waals surface area contributed by atoms with Gasteiger partial charge in [-0.3, -0.25) is 9.69 Å². The Labute approximate surface area is 110 Å². The van der Waals surface area contributed by atoms with Crippen LogP contribution in [0, 0.1) is 0 Å². The summed E-state index contributed by atoms with van der Waals surface area (Å²) in [4.78, 5) is 14.2. The van der Waals surface area contributed by atoms with Crippen LogP contribution in [-0.4, -0.2) is 48.7 Å². The Morgan fingerprint density at radius 3 is 2.39 bits per heavy atom. The zero-order chi connectivity index (χ0) is 13.0. The normalized spacial score (nSPS) is 31.2. The summed E-state index contributed by atoms with van der Waals surface area (Å²) in [6, 6.07) is 0.419. The Balaban J connectivity index is 1.72. The monoisotopic (exact) mass is 254 g/mol. The Hall–Kier alpha value is -0.610. The lowest BCUT2D eigenvalue weighted by atomic mass is 9.95. The van der Waals surface area contributed by atoms with E-state index in [0.717, 1.165) is 25.9 Å². The summed E-state index contributed by atoms with van der Waals surface area (Å²) in [7, 11) is 0. The number of carbonyl (C=O) groups excluding carboxylic acids is 1. The van der Waals surface area contributed by atoms with Crippen molar-refractivity contribution >= 4 is 5.91 Å². The van der Waals surface area contributed by atoms with Crippen LogP contribution < -0.4 is 5.32 Å². The third-order valence-electron chi connectivity index (χ3n) is 3.83. The van der Waals surface area contributed by atoms with Crippen LogP contribution in [-0.2, 0) is 9.53 Å². The number of rotatable bonds is 3. The number of hydrogen-bond donors (Lipinski definition) is 1. The predicted octanol–water partition coefficient (Wildman–Crippen LogP) is 1.54. The molecule has 1 N–H and O–H groups in total. The van der Waals surface area contributed by atoms with Crippen LogP contribution in [0.15, 0.2) is 0 Å². The van der Waals surface area contributed by atoms with Gasteiger partial charge in [0, 0.05) is 19.1 Å². The number of nitrogens with one attached hydrogen (secondary N) is 1. The molecule has 1 saturated carbocycles. The van der Waals surface area contributed by atoms with Gasteiger partial charge in [-0.15, -0.1) is 0 Å². The highest BCUT2D eigenvalue weighted by atomic mass is 16.5. The van der Waals surface area contributed by atoms with Gasteiger partial charge in [-0.05, 0) is 26.7 Å². The molecule has 2 fully saturated rings. The molecule has 0 aromatic heterocycles. The van der Waals surface area contributed by atoms with Crippen LogP contribution in [0.5, 0.6) is 0 Å². The Kier molecular flexibility index (Phi) is 5.01. The maximum Gasteiger partial charge on any atom is 0.234 e. The zero-order valence-electron chi connectivity index (χ0n) is 11.7. The van der Waals surface area contributed by atoms with Crippen molar-refractivity contribution in [3.05, 3.63) is 0 Å². The maximum atomic E-state index is 12.0. The van der Waals surface area contributed by atoms with Gasteiger partial charge in [-0.2, -0.15) is 0 Å². The Morgan fingerprint density at radius 1 is 1.17 bits per heavy atom. The molecule has 18 heavy (non-hydrogen) atoms. The van der Waals surface area contributed by atoms with Crippen LogP contribution in [0.2, 0.25) is 0 Å². The lowest BCUT2D eigenvalue weighted by Crippen LogP contribution is -2.50. The van der Waals surface area contributed by atoms with Gasteiger partial charge in [0.2, 0.25) is 5.91 Å². The molecule has 2 atom stereocenters. The van der Waals surface area contributed by atoms with Crippen molar-refractivity contribution in [2.75, 3.05) is 19.6 Å². The van der Waals surface area contributed by atoms with E-state index in [1.54, 1.807) is 0 Å². The van der Waals surface area contributed by atoms with Crippen LogP contribution in [0.25, 0.3) is 0 Å². The number of ether oxygens (including phenoxy) is 1. The largest absolute Gasteiger partial charge is 0.373 e. The minimum absolute atomic E-state index is 0.184. The van der Waals surface area contributed by atoms with E-state index in [1.807, 2.05) is 0 Å². The van der Waals surface area contributed by atoms with E-state index in [-0.39, 0.29) is 18.1 Å². The summed E-state index contributed by atoms with van der Waals surface area (Å²) in [6.45, 7) is 6.39. The molecule has 4 nitrogen and oxygen atoms in total. The van der Waals surface area contributed by atoms with E-state index in [0.29, 0.717) is 12.6 Å². The second-order valence-electron chi connectivity index (χ2n) is 5.85. The van der Waals surface area contributed by atoms with Crippen LogP contribution in [0.1, 0.15) is 46.0 Å². The van der Waals surface area contributed by atoms with Gasteiger partial charge in [-0.1, -0.05) is 19.3 Å². The molecule has 2 rings (SSSR count). The van der Waals surface area contributed by atoms with Crippen molar-refractivity contribution in [1.82, 2.24) is 10.2 Å². The summed E-state index contributed by atoms with van der Waals surface area (Å²) >= 11 is 0.